The van der Waals surface area contributed by atoms with E-state index < -0.39 is 0 Å². The van der Waals surface area contributed by atoms with Crippen LogP contribution in [0, 0.1) is 0 Å². The summed E-state index contributed by atoms with van der Waals surface area (Å²) < 4.78 is 4.76. The average Bonchev–Trinajstić information content (AvgIpc) is 2.65. The van der Waals surface area contributed by atoms with E-state index in [1.165, 1.54) is 6.20 Å². The van der Waals surface area contributed by atoms with Crippen LogP contribution in [0.1, 0.15) is 12.5 Å². The summed E-state index contributed by atoms with van der Waals surface area (Å²) >= 11 is 0. The molecule has 0 aliphatic rings. The van der Waals surface area contributed by atoms with Crippen LogP contribution in [0.4, 0.5) is 5.88 Å². The zero-order valence-electron chi connectivity index (χ0n) is 8.40. The fourth-order valence-corrected chi connectivity index (χ4v) is 1.54. The first kappa shape index (κ1) is 9.58. The van der Waals surface area contributed by atoms with Gasteiger partial charge in [-0.15, -0.1) is 0 Å². The third-order valence-electron chi connectivity index (χ3n) is 2.39. The number of phenols is 1. The smallest absolute Gasteiger partial charge is 0.230 e. The van der Waals surface area contributed by atoms with Crippen molar-refractivity contribution in [3.05, 3.63) is 30.0 Å². The van der Waals surface area contributed by atoms with Gasteiger partial charge in [0.2, 0.25) is 5.88 Å². The van der Waals surface area contributed by atoms with E-state index in [0.29, 0.717) is 11.1 Å². The molecular weight excluding hydrogens is 192 g/mol. The minimum atomic E-state index is 0.221. The third-order valence-corrected chi connectivity index (χ3v) is 2.39. The SMILES string of the molecule is CCc1cccc(-c2cnoc2N)c1O. The summed E-state index contributed by atoms with van der Waals surface area (Å²) in [7, 11) is 0. The second-order valence-electron chi connectivity index (χ2n) is 3.27. The highest BCUT2D eigenvalue weighted by Gasteiger charge is 2.12. The zero-order valence-corrected chi connectivity index (χ0v) is 8.40. The molecule has 4 heteroatoms. The van der Waals surface area contributed by atoms with Crippen molar-refractivity contribution < 1.29 is 9.63 Å². The zero-order chi connectivity index (χ0) is 10.8. The molecule has 0 amide bonds. The van der Waals surface area contributed by atoms with E-state index in [2.05, 4.69) is 5.16 Å². The van der Waals surface area contributed by atoms with E-state index in [0.717, 1.165) is 12.0 Å². The van der Waals surface area contributed by atoms with Crippen LogP contribution in [-0.4, -0.2) is 10.3 Å². The van der Waals surface area contributed by atoms with E-state index >= 15 is 0 Å². The largest absolute Gasteiger partial charge is 0.507 e. The first-order valence-corrected chi connectivity index (χ1v) is 4.75. The number of hydrogen-bond acceptors (Lipinski definition) is 4. The minimum absolute atomic E-state index is 0.221. The number of aromatic hydroxyl groups is 1. The van der Waals surface area contributed by atoms with Gasteiger partial charge in [-0.25, -0.2) is 0 Å². The number of para-hydroxylation sites is 1. The summed E-state index contributed by atoms with van der Waals surface area (Å²) in [6.45, 7) is 1.98. The Kier molecular flexibility index (Phi) is 2.33. The lowest BCUT2D eigenvalue weighted by atomic mass is 10.0. The number of phenolic OH excluding ortho intramolecular Hbond substituents is 1. The maximum atomic E-state index is 9.96. The second-order valence-corrected chi connectivity index (χ2v) is 3.27. The molecule has 0 saturated carbocycles. The van der Waals surface area contributed by atoms with Crippen LogP contribution in [0.25, 0.3) is 11.1 Å². The molecule has 0 saturated heterocycles. The fourth-order valence-electron chi connectivity index (χ4n) is 1.54. The lowest BCUT2D eigenvalue weighted by Gasteiger charge is -2.06. The van der Waals surface area contributed by atoms with Gasteiger partial charge in [0.05, 0.1) is 11.8 Å². The van der Waals surface area contributed by atoms with Gasteiger partial charge < -0.3 is 15.4 Å². The molecular formula is C11H12N2O2. The number of anilines is 1. The molecule has 1 heterocycles. The number of aromatic nitrogens is 1. The molecule has 2 rings (SSSR count). The van der Waals surface area contributed by atoms with E-state index in [1.54, 1.807) is 6.07 Å². The van der Waals surface area contributed by atoms with Crippen molar-refractivity contribution in [2.45, 2.75) is 13.3 Å². The van der Waals surface area contributed by atoms with E-state index in [4.69, 9.17) is 10.3 Å². The molecule has 1 aromatic heterocycles. The number of rotatable bonds is 2. The van der Waals surface area contributed by atoms with E-state index in [-0.39, 0.29) is 11.6 Å². The Morgan fingerprint density at radius 2 is 2.20 bits per heavy atom. The van der Waals surface area contributed by atoms with Crippen molar-refractivity contribution in [1.82, 2.24) is 5.16 Å². The number of aryl methyl sites for hydroxylation is 1. The van der Waals surface area contributed by atoms with Crippen LogP contribution in [0.2, 0.25) is 0 Å². The molecule has 0 bridgehead atoms. The topological polar surface area (TPSA) is 72.3 Å². The van der Waals surface area contributed by atoms with Crippen molar-refractivity contribution >= 4 is 5.88 Å². The van der Waals surface area contributed by atoms with Crippen molar-refractivity contribution in [2.75, 3.05) is 5.73 Å². The van der Waals surface area contributed by atoms with E-state index in [9.17, 15) is 5.11 Å². The average molecular weight is 204 g/mol. The Balaban J connectivity index is 2.59. The molecule has 0 fully saturated rings. The highest BCUT2D eigenvalue weighted by atomic mass is 16.5. The molecule has 0 unspecified atom stereocenters. The van der Waals surface area contributed by atoms with Crippen LogP contribution in [0.3, 0.4) is 0 Å². The van der Waals surface area contributed by atoms with Crippen LogP contribution >= 0.6 is 0 Å². The number of nitrogens with two attached hydrogens (primary N) is 1. The molecule has 78 valence electrons. The van der Waals surface area contributed by atoms with Crippen molar-refractivity contribution in [3.8, 4) is 16.9 Å². The predicted octanol–water partition coefficient (Wildman–Crippen LogP) is 2.19. The molecule has 0 radical (unpaired) electrons. The Labute approximate surface area is 87.3 Å². The molecule has 3 N–H and O–H groups in total. The summed E-state index contributed by atoms with van der Waals surface area (Å²) in [6.07, 6.45) is 2.27. The van der Waals surface area contributed by atoms with Gasteiger partial charge in [-0.3, -0.25) is 0 Å². The highest BCUT2D eigenvalue weighted by molar-refractivity contribution is 5.77. The molecule has 0 aliphatic carbocycles. The highest BCUT2D eigenvalue weighted by Crippen LogP contribution is 2.35. The number of nitrogen functional groups attached to an aromatic ring is 1. The normalized spacial score (nSPS) is 10.5. The van der Waals surface area contributed by atoms with Gasteiger partial charge in [-0.1, -0.05) is 30.3 Å². The summed E-state index contributed by atoms with van der Waals surface area (Å²) in [5.74, 6) is 0.466. The predicted molar refractivity (Wildman–Crippen MR) is 57.4 cm³/mol. The van der Waals surface area contributed by atoms with E-state index in [1.807, 2.05) is 19.1 Å². The first-order chi connectivity index (χ1) is 7.24. The van der Waals surface area contributed by atoms with Gasteiger partial charge >= 0.3 is 0 Å². The van der Waals surface area contributed by atoms with Crippen LogP contribution in [0.15, 0.2) is 28.9 Å². The Hall–Kier alpha value is -1.97. The van der Waals surface area contributed by atoms with Crippen LogP contribution in [-0.2, 0) is 6.42 Å². The maximum absolute atomic E-state index is 9.96. The number of hydrogen-bond donors (Lipinski definition) is 2. The molecule has 1 aromatic carbocycles. The van der Waals surface area contributed by atoms with Gasteiger partial charge in [-0.2, -0.15) is 0 Å². The monoisotopic (exact) mass is 204 g/mol. The van der Waals surface area contributed by atoms with Crippen molar-refractivity contribution in [1.29, 1.82) is 0 Å². The molecule has 4 nitrogen and oxygen atoms in total. The quantitative estimate of drug-likeness (QED) is 0.786. The summed E-state index contributed by atoms with van der Waals surface area (Å²) in [5.41, 5.74) is 7.76. The van der Waals surface area contributed by atoms with Gasteiger partial charge in [0, 0.05) is 5.56 Å². The minimum Gasteiger partial charge on any atom is -0.507 e. The summed E-state index contributed by atoms with van der Waals surface area (Å²) in [5, 5.41) is 13.5. The molecule has 0 atom stereocenters. The number of benzene rings is 1. The lowest BCUT2D eigenvalue weighted by molar-refractivity contribution is 0.436. The Morgan fingerprint density at radius 1 is 1.40 bits per heavy atom. The Bertz CT molecular complexity index is 477. The molecule has 0 spiro atoms. The second kappa shape index (κ2) is 3.65. The molecule has 0 aliphatic heterocycles. The van der Waals surface area contributed by atoms with Crippen LogP contribution in [0.5, 0.6) is 5.75 Å². The standard InChI is InChI=1S/C11H12N2O2/c1-2-7-4-3-5-8(10(7)14)9-6-13-15-11(9)12/h3-6,14H,2,12H2,1H3. The van der Waals surface area contributed by atoms with Crippen molar-refractivity contribution in [3.63, 3.8) is 0 Å². The third kappa shape index (κ3) is 1.54. The maximum Gasteiger partial charge on any atom is 0.230 e. The van der Waals surface area contributed by atoms with Gasteiger partial charge in [-0.05, 0) is 12.0 Å². The first-order valence-electron chi connectivity index (χ1n) is 4.75. The lowest BCUT2D eigenvalue weighted by Crippen LogP contribution is -1.88. The Morgan fingerprint density at radius 3 is 2.80 bits per heavy atom. The summed E-state index contributed by atoms with van der Waals surface area (Å²) in [4.78, 5) is 0. The fraction of sp³-hybridized carbons (Fsp3) is 0.182. The van der Waals surface area contributed by atoms with Gasteiger partial charge in [0.25, 0.3) is 0 Å². The van der Waals surface area contributed by atoms with Gasteiger partial charge in [0.1, 0.15) is 5.75 Å². The molecule has 2 aromatic rings. The van der Waals surface area contributed by atoms with Crippen molar-refractivity contribution in [2.24, 2.45) is 0 Å². The summed E-state index contributed by atoms with van der Waals surface area (Å²) in [6, 6.07) is 5.54. The molecule has 15 heavy (non-hydrogen) atoms. The van der Waals surface area contributed by atoms with Gasteiger partial charge in [0.15, 0.2) is 0 Å². The van der Waals surface area contributed by atoms with Crippen LogP contribution < -0.4 is 5.73 Å². The number of nitrogens with zero attached hydrogens (tertiary/aromatic N) is 1.